The lowest BCUT2D eigenvalue weighted by Crippen LogP contribution is -2.25. The Morgan fingerprint density at radius 2 is 1.95 bits per heavy atom. The Morgan fingerprint density at radius 3 is 2.50 bits per heavy atom. The summed E-state index contributed by atoms with van der Waals surface area (Å²) < 4.78 is 1.43. The number of hydrogen-bond acceptors (Lipinski definition) is 3. The standard InChI is InChI=1S/C15H15ClN2O2/c1-3-11(17)14-13(19)8-12(18(2)15(14)20)9-4-6-10(16)7-5-9/h4-8,17,19H,3H2,1-2H3. The van der Waals surface area contributed by atoms with Crippen molar-refractivity contribution in [2.75, 3.05) is 0 Å². The molecule has 2 rings (SSSR count). The van der Waals surface area contributed by atoms with Crippen LogP contribution in [0.1, 0.15) is 18.9 Å². The maximum atomic E-state index is 12.3. The summed E-state index contributed by atoms with van der Waals surface area (Å²) in [4.78, 5) is 12.3. The van der Waals surface area contributed by atoms with Gasteiger partial charge in [-0.15, -0.1) is 0 Å². The van der Waals surface area contributed by atoms with E-state index in [0.29, 0.717) is 17.1 Å². The molecular formula is C15H15ClN2O2. The van der Waals surface area contributed by atoms with Gasteiger partial charge in [-0.1, -0.05) is 30.7 Å². The van der Waals surface area contributed by atoms with Crippen LogP contribution in [0.25, 0.3) is 11.3 Å². The zero-order valence-corrected chi connectivity index (χ0v) is 12.0. The second-order valence-corrected chi connectivity index (χ2v) is 4.93. The predicted octanol–water partition coefficient (Wildman–Crippen LogP) is 3.19. The molecule has 20 heavy (non-hydrogen) atoms. The number of pyridine rings is 1. The smallest absolute Gasteiger partial charge is 0.263 e. The minimum atomic E-state index is -0.373. The molecule has 1 aromatic carbocycles. The fraction of sp³-hybridized carbons (Fsp3) is 0.200. The Labute approximate surface area is 121 Å². The summed E-state index contributed by atoms with van der Waals surface area (Å²) in [5, 5.41) is 18.4. The molecule has 0 saturated heterocycles. The quantitative estimate of drug-likeness (QED) is 0.853. The molecule has 0 aliphatic rings. The number of nitrogens with zero attached hydrogens (tertiary/aromatic N) is 1. The van der Waals surface area contributed by atoms with Crippen molar-refractivity contribution in [1.82, 2.24) is 4.57 Å². The maximum Gasteiger partial charge on any atom is 0.263 e. The summed E-state index contributed by atoms with van der Waals surface area (Å²) in [7, 11) is 1.62. The van der Waals surface area contributed by atoms with Gasteiger partial charge in [0.05, 0.1) is 5.69 Å². The van der Waals surface area contributed by atoms with E-state index < -0.39 is 0 Å². The molecule has 0 fully saturated rings. The summed E-state index contributed by atoms with van der Waals surface area (Å²) in [5.41, 5.74) is 1.18. The first-order valence-corrected chi connectivity index (χ1v) is 6.60. The molecule has 0 amide bonds. The molecule has 0 aliphatic carbocycles. The first kappa shape index (κ1) is 14.3. The van der Waals surface area contributed by atoms with Gasteiger partial charge in [-0.3, -0.25) is 4.79 Å². The number of rotatable bonds is 3. The van der Waals surface area contributed by atoms with E-state index in [1.165, 1.54) is 10.6 Å². The highest BCUT2D eigenvalue weighted by Crippen LogP contribution is 2.25. The SMILES string of the molecule is CCC(=N)c1c(O)cc(-c2ccc(Cl)cc2)n(C)c1=O. The fourth-order valence-electron chi connectivity index (χ4n) is 2.04. The van der Waals surface area contributed by atoms with Crippen LogP contribution in [-0.2, 0) is 7.05 Å². The number of halogens is 1. The highest BCUT2D eigenvalue weighted by atomic mass is 35.5. The van der Waals surface area contributed by atoms with E-state index in [-0.39, 0.29) is 22.6 Å². The van der Waals surface area contributed by atoms with Gasteiger partial charge < -0.3 is 15.1 Å². The van der Waals surface area contributed by atoms with Crippen LogP contribution >= 0.6 is 11.6 Å². The van der Waals surface area contributed by atoms with E-state index in [1.54, 1.807) is 38.2 Å². The third-order valence-corrected chi connectivity index (χ3v) is 3.46. The van der Waals surface area contributed by atoms with Crippen LogP contribution in [0.5, 0.6) is 5.75 Å². The van der Waals surface area contributed by atoms with E-state index >= 15 is 0 Å². The normalized spacial score (nSPS) is 10.6. The Morgan fingerprint density at radius 1 is 1.35 bits per heavy atom. The van der Waals surface area contributed by atoms with Gasteiger partial charge in [0.2, 0.25) is 0 Å². The first-order valence-electron chi connectivity index (χ1n) is 6.22. The monoisotopic (exact) mass is 290 g/mol. The van der Waals surface area contributed by atoms with Crippen LogP contribution in [0.2, 0.25) is 5.02 Å². The van der Waals surface area contributed by atoms with E-state index in [4.69, 9.17) is 17.0 Å². The molecule has 2 aromatic rings. The van der Waals surface area contributed by atoms with Gasteiger partial charge in [-0.2, -0.15) is 0 Å². The third kappa shape index (κ3) is 2.47. The molecular weight excluding hydrogens is 276 g/mol. The van der Waals surface area contributed by atoms with Crippen molar-refractivity contribution in [3.05, 3.63) is 51.3 Å². The minimum Gasteiger partial charge on any atom is -0.507 e. The molecule has 1 aromatic heterocycles. The molecule has 5 heteroatoms. The number of benzene rings is 1. The van der Waals surface area contributed by atoms with E-state index in [2.05, 4.69) is 0 Å². The zero-order chi connectivity index (χ0) is 14.9. The lowest BCUT2D eigenvalue weighted by atomic mass is 10.1. The highest BCUT2D eigenvalue weighted by Gasteiger charge is 2.16. The zero-order valence-electron chi connectivity index (χ0n) is 11.3. The molecule has 0 saturated carbocycles. The van der Waals surface area contributed by atoms with Crippen LogP contribution in [-0.4, -0.2) is 15.4 Å². The van der Waals surface area contributed by atoms with Crippen LogP contribution in [0.15, 0.2) is 35.1 Å². The van der Waals surface area contributed by atoms with E-state index in [9.17, 15) is 9.90 Å². The van der Waals surface area contributed by atoms with Gasteiger partial charge in [0.15, 0.2) is 0 Å². The van der Waals surface area contributed by atoms with Crippen molar-refractivity contribution in [3.63, 3.8) is 0 Å². The molecule has 2 N–H and O–H groups in total. The molecule has 0 spiro atoms. The van der Waals surface area contributed by atoms with Crippen molar-refractivity contribution in [2.24, 2.45) is 7.05 Å². The Hall–Kier alpha value is -2.07. The Balaban J connectivity index is 2.66. The van der Waals surface area contributed by atoms with E-state index in [1.807, 2.05) is 0 Å². The fourth-order valence-corrected chi connectivity index (χ4v) is 2.17. The minimum absolute atomic E-state index is 0.0627. The average Bonchev–Trinajstić information content (AvgIpc) is 2.43. The number of hydrogen-bond donors (Lipinski definition) is 2. The molecule has 1 heterocycles. The lowest BCUT2D eigenvalue weighted by molar-refractivity contribution is 0.471. The topological polar surface area (TPSA) is 66.1 Å². The predicted molar refractivity (Wildman–Crippen MR) is 80.9 cm³/mol. The second-order valence-electron chi connectivity index (χ2n) is 4.49. The average molecular weight is 291 g/mol. The third-order valence-electron chi connectivity index (χ3n) is 3.20. The van der Waals surface area contributed by atoms with Crippen molar-refractivity contribution in [3.8, 4) is 17.0 Å². The summed E-state index contributed by atoms with van der Waals surface area (Å²) in [6.45, 7) is 1.77. The molecule has 0 aliphatic heterocycles. The summed E-state index contributed by atoms with van der Waals surface area (Å²) in [5.74, 6) is -0.162. The van der Waals surface area contributed by atoms with Gasteiger partial charge in [0, 0.05) is 23.8 Å². The molecule has 0 unspecified atom stereocenters. The summed E-state index contributed by atoms with van der Waals surface area (Å²) >= 11 is 5.84. The van der Waals surface area contributed by atoms with Crippen molar-refractivity contribution in [1.29, 1.82) is 5.41 Å². The molecule has 0 bridgehead atoms. The maximum absolute atomic E-state index is 12.3. The van der Waals surface area contributed by atoms with E-state index in [0.717, 1.165) is 5.56 Å². The van der Waals surface area contributed by atoms with Crippen molar-refractivity contribution >= 4 is 17.3 Å². The Bertz CT molecular complexity index is 718. The lowest BCUT2D eigenvalue weighted by Gasteiger charge is -2.12. The van der Waals surface area contributed by atoms with Gasteiger partial charge >= 0.3 is 0 Å². The van der Waals surface area contributed by atoms with Gasteiger partial charge in [-0.05, 0) is 24.1 Å². The molecule has 0 atom stereocenters. The van der Waals surface area contributed by atoms with Crippen LogP contribution < -0.4 is 5.56 Å². The van der Waals surface area contributed by atoms with Crippen LogP contribution in [0.3, 0.4) is 0 Å². The van der Waals surface area contributed by atoms with Gasteiger partial charge in [-0.25, -0.2) is 0 Å². The summed E-state index contributed by atoms with van der Waals surface area (Å²) in [6.07, 6.45) is 0.392. The molecule has 0 radical (unpaired) electrons. The largest absolute Gasteiger partial charge is 0.507 e. The van der Waals surface area contributed by atoms with Crippen LogP contribution in [0.4, 0.5) is 0 Å². The van der Waals surface area contributed by atoms with Crippen molar-refractivity contribution in [2.45, 2.75) is 13.3 Å². The van der Waals surface area contributed by atoms with Gasteiger partial charge in [0.25, 0.3) is 5.56 Å². The number of nitrogens with one attached hydrogen (secondary N) is 1. The van der Waals surface area contributed by atoms with Crippen LogP contribution in [0, 0.1) is 5.41 Å². The highest BCUT2D eigenvalue weighted by molar-refractivity contribution is 6.30. The van der Waals surface area contributed by atoms with Gasteiger partial charge in [0.1, 0.15) is 11.3 Å². The summed E-state index contributed by atoms with van der Waals surface area (Å²) in [6, 6.07) is 8.51. The number of aromatic hydroxyl groups is 1. The Kier molecular flexibility index (Phi) is 3.95. The molecule has 104 valence electrons. The first-order chi connectivity index (χ1) is 9.45. The second kappa shape index (κ2) is 5.51. The molecule has 4 nitrogen and oxygen atoms in total. The van der Waals surface area contributed by atoms with Crippen molar-refractivity contribution < 1.29 is 5.11 Å². The number of aromatic nitrogens is 1.